The Morgan fingerprint density at radius 1 is 1.05 bits per heavy atom. The second-order valence-electron chi connectivity index (χ2n) is 5.14. The number of aryl methyl sites for hydroxylation is 1. The van der Waals surface area contributed by atoms with Gasteiger partial charge in [0.15, 0.2) is 11.5 Å². The van der Waals surface area contributed by atoms with Crippen LogP contribution in [-0.4, -0.2) is 20.8 Å². The molecule has 0 aliphatic rings. The molecule has 4 heteroatoms. The van der Waals surface area contributed by atoms with Crippen LogP contribution in [0.4, 0.5) is 0 Å². The summed E-state index contributed by atoms with van der Waals surface area (Å²) in [6, 6.07) is 17.9. The second-order valence-corrected chi connectivity index (χ2v) is 5.14. The van der Waals surface area contributed by atoms with E-state index in [1.165, 1.54) is 12.5 Å². The number of carbonyl (C=O) groups is 1. The molecule has 0 bridgehead atoms. The third-order valence-electron chi connectivity index (χ3n) is 3.64. The summed E-state index contributed by atoms with van der Waals surface area (Å²) in [7, 11) is 0. The minimum absolute atomic E-state index is 0.0877. The topological polar surface area (TPSA) is 47.8 Å². The van der Waals surface area contributed by atoms with E-state index in [-0.39, 0.29) is 5.78 Å². The van der Waals surface area contributed by atoms with Crippen LogP contribution in [0.1, 0.15) is 29.9 Å². The van der Waals surface area contributed by atoms with Gasteiger partial charge >= 0.3 is 0 Å². The first-order valence-corrected chi connectivity index (χ1v) is 7.32. The highest BCUT2D eigenvalue weighted by Crippen LogP contribution is 2.25. The van der Waals surface area contributed by atoms with Crippen LogP contribution in [0.25, 0.3) is 16.9 Å². The number of hydrogen-bond acceptors (Lipinski definition) is 3. The minimum Gasteiger partial charge on any atom is -0.293 e. The van der Waals surface area contributed by atoms with Crippen LogP contribution in [0.2, 0.25) is 0 Å². The van der Waals surface area contributed by atoms with Crippen LogP contribution >= 0.6 is 0 Å². The number of nitrogens with zero attached hydrogens (tertiary/aromatic N) is 3. The molecule has 0 unspecified atom stereocenters. The first-order valence-electron chi connectivity index (χ1n) is 7.32. The van der Waals surface area contributed by atoms with Gasteiger partial charge in [0.25, 0.3) is 0 Å². The molecule has 4 nitrogen and oxygen atoms in total. The highest BCUT2D eigenvalue weighted by Gasteiger charge is 2.19. The minimum atomic E-state index is -0.0877. The Bertz CT molecular complexity index is 789. The summed E-state index contributed by atoms with van der Waals surface area (Å²) in [4.78, 5) is 11.9. The Hall–Kier alpha value is -2.75. The standard InChI is InChI=1S/C18H17N3O/c1-3-14-9-11-16(12-10-14)21-18(15-7-5-4-6-8-15)17(13(2)22)19-20-21/h4-12H,3H2,1-2H3. The van der Waals surface area contributed by atoms with Gasteiger partial charge in [0, 0.05) is 12.5 Å². The fourth-order valence-corrected chi connectivity index (χ4v) is 2.43. The van der Waals surface area contributed by atoms with E-state index in [4.69, 9.17) is 0 Å². The smallest absolute Gasteiger partial charge is 0.182 e. The molecule has 0 amide bonds. The van der Waals surface area contributed by atoms with Crippen molar-refractivity contribution in [3.8, 4) is 16.9 Å². The lowest BCUT2D eigenvalue weighted by atomic mass is 10.1. The van der Waals surface area contributed by atoms with E-state index in [1.807, 2.05) is 42.5 Å². The van der Waals surface area contributed by atoms with Gasteiger partial charge in [0.2, 0.25) is 0 Å². The van der Waals surface area contributed by atoms with Crippen molar-refractivity contribution in [1.29, 1.82) is 0 Å². The summed E-state index contributed by atoms with van der Waals surface area (Å²) >= 11 is 0. The number of Topliss-reactive ketones (excluding diaryl/α,β-unsaturated/α-hetero) is 1. The summed E-state index contributed by atoms with van der Waals surface area (Å²) in [5, 5.41) is 8.26. The maximum absolute atomic E-state index is 11.9. The Morgan fingerprint density at radius 2 is 1.73 bits per heavy atom. The van der Waals surface area contributed by atoms with Crippen molar-refractivity contribution >= 4 is 5.78 Å². The van der Waals surface area contributed by atoms with E-state index >= 15 is 0 Å². The van der Waals surface area contributed by atoms with E-state index in [0.717, 1.165) is 23.4 Å². The van der Waals surface area contributed by atoms with Gasteiger partial charge < -0.3 is 0 Å². The molecule has 0 saturated heterocycles. The van der Waals surface area contributed by atoms with Crippen LogP contribution in [0.15, 0.2) is 54.6 Å². The Kier molecular flexibility index (Phi) is 3.83. The third kappa shape index (κ3) is 2.55. The maximum atomic E-state index is 11.9. The summed E-state index contributed by atoms with van der Waals surface area (Å²) < 4.78 is 1.73. The van der Waals surface area contributed by atoms with Crippen molar-refractivity contribution in [2.24, 2.45) is 0 Å². The Balaban J connectivity index is 2.17. The number of benzene rings is 2. The van der Waals surface area contributed by atoms with Gasteiger partial charge in [-0.05, 0) is 24.1 Å². The molecule has 3 rings (SSSR count). The zero-order valence-electron chi connectivity index (χ0n) is 12.7. The van der Waals surface area contributed by atoms with Gasteiger partial charge in [0.1, 0.15) is 5.69 Å². The Morgan fingerprint density at radius 3 is 2.32 bits per heavy atom. The SMILES string of the molecule is CCc1ccc(-n2nnc(C(C)=O)c2-c2ccccc2)cc1. The van der Waals surface area contributed by atoms with Gasteiger partial charge in [-0.25, -0.2) is 4.68 Å². The monoisotopic (exact) mass is 291 g/mol. The lowest BCUT2D eigenvalue weighted by molar-refractivity contribution is 0.101. The van der Waals surface area contributed by atoms with Crippen molar-refractivity contribution in [2.45, 2.75) is 20.3 Å². The van der Waals surface area contributed by atoms with Crippen LogP contribution in [0.5, 0.6) is 0 Å². The first kappa shape index (κ1) is 14.2. The zero-order chi connectivity index (χ0) is 15.5. The Labute approximate surface area is 129 Å². The second kappa shape index (κ2) is 5.93. The highest BCUT2D eigenvalue weighted by atomic mass is 16.1. The molecule has 1 heterocycles. The largest absolute Gasteiger partial charge is 0.293 e. The summed E-state index contributed by atoms with van der Waals surface area (Å²) in [6.07, 6.45) is 0.988. The van der Waals surface area contributed by atoms with Crippen LogP contribution in [0, 0.1) is 0 Å². The number of hydrogen-bond donors (Lipinski definition) is 0. The van der Waals surface area contributed by atoms with Crippen LogP contribution in [-0.2, 0) is 6.42 Å². The molecule has 22 heavy (non-hydrogen) atoms. The number of aromatic nitrogens is 3. The molecule has 0 saturated carbocycles. The molecule has 0 fully saturated rings. The molecule has 0 spiro atoms. The summed E-state index contributed by atoms with van der Waals surface area (Å²) in [6.45, 7) is 3.63. The van der Waals surface area contributed by atoms with Crippen molar-refractivity contribution in [1.82, 2.24) is 15.0 Å². The normalized spacial score (nSPS) is 10.6. The first-order chi connectivity index (χ1) is 10.7. The van der Waals surface area contributed by atoms with E-state index in [2.05, 4.69) is 29.4 Å². The van der Waals surface area contributed by atoms with Gasteiger partial charge in [-0.15, -0.1) is 5.10 Å². The van der Waals surface area contributed by atoms with E-state index < -0.39 is 0 Å². The molecule has 0 aliphatic carbocycles. The third-order valence-corrected chi connectivity index (χ3v) is 3.64. The lowest BCUT2D eigenvalue weighted by Gasteiger charge is -2.08. The fraction of sp³-hybridized carbons (Fsp3) is 0.167. The molecule has 3 aromatic rings. The predicted octanol–water partition coefficient (Wildman–Crippen LogP) is 3.70. The lowest BCUT2D eigenvalue weighted by Crippen LogP contribution is -2.02. The molecule has 0 radical (unpaired) electrons. The van der Waals surface area contributed by atoms with Crippen LogP contribution in [0.3, 0.4) is 0 Å². The fourth-order valence-electron chi connectivity index (χ4n) is 2.43. The van der Waals surface area contributed by atoms with Gasteiger partial charge in [-0.1, -0.05) is 54.6 Å². The average Bonchev–Trinajstić information content (AvgIpc) is 3.01. The molecule has 2 aromatic carbocycles. The molecule has 1 aromatic heterocycles. The van der Waals surface area contributed by atoms with Gasteiger partial charge in [-0.3, -0.25) is 4.79 Å². The summed E-state index contributed by atoms with van der Waals surface area (Å²) in [5.41, 5.74) is 4.22. The number of carbonyl (C=O) groups excluding carboxylic acids is 1. The summed E-state index contributed by atoms with van der Waals surface area (Å²) in [5.74, 6) is -0.0877. The average molecular weight is 291 g/mol. The van der Waals surface area contributed by atoms with Crippen molar-refractivity contribution in [2.75, 3.05) is 0 Å². The predicted molar refractivity (Wildman–Crippen MR) is 86.2 cm³/mol. The van der Waals surface area contributed by atoms with Crippen molar-refractivity contribution in [3.05, 3.63) is 65.9 Å². The van der Waals surface area contributed by atoms with Crippen LogP contribution < -0.4 is 0 Å². The molecule has 0 aliphatic heterocycles. The highest BCUT2D eigenvalue weighted by molar-refractivity contribution is 5.98. The van der Waals surface area contributed by atoms with Gasteiger partial charge in [-0.2, -0.15) is 0 Å². The molecule has 0 N–H and O–H groups in total. The van der Waals surface area contributed by atoms with E-state index in [9.17, 15) is 4.79 Å². The number of ketones is 1. The molecular weight excluding hydrogens is 274 g/mol. The quantitative estimate of drug-likeness (QED) is 0.689. The maximum Gasteiger partial charge on any atom is 0.182 e. The van der Waals surface area contributed by atoms with Crippen molar-refractivity contribution in [3.63, 3.8) is 0 Å². The van der Waals surface area contributed by atoms with Crippen molar-refractivity contribution < 1.29 is 4.79 Å². The van der Waals surface area contributed by atoms with Gasteiger partial charge in [0.05, 0.1) is 5.69 Å². The number of rotatable bonds is 4. The van der Waals surface area contributed by atoms with E-state index in [0.29, 0.717) is 5.69 Å². The molecule has 110 valence electrons. The molecule has 0 atom stereocenters. The zero-order valence-corrected chi connectivity index (χ0v) is 12.7. The van der Waals surface area contributed by atoms with E-state index in [1.54, 1.807) is 4.68 Å². The molecular formula is C18H17N3O.